The number of likely N-dealkylation sites (tertiary alicyclic amines) is 2. The summed E-state index contributed by atoms with van der Waals surface area (Å²) in [5, 5.41) is 0. The Balaban J connectivity index is 1.48. The molecule has 1 aromatic carbocycles. The number of benzene rings is 1. The first kappa shape index (κ1) is 21.0. The SMILES string of the molecule is COc1ccc(OC2CCN(C(C)=O)CC2)c(C(=O)N2CC[C@H]3CCCC[C@H]3C2)c1. The zero-order valence-electron chi connectivity index (χ0n) is 18.3. The molecule has 30 heavy (non-hydrogen) atoms. The molecule has 1 aromatic rings. The maximum atomic E-state index is 13.5. The third-order valence-electron chi connectivity index (χ3n) is 7.18. The summed E-state index contributed by atoms with van der Waals surface area (Å²) in [5.41, 5.74) is 0.595. The fraction of sp³-hybridized carbons (Fsp3) is 0.667. The zero-order chi connectivity index (χ0) is 21.1. The van der Waals surface area contributed by atoms with Crippen molar-refractivity contribution < 1.29 is 19.1 Å². The lowest BCUT2D eigenvalue weighted by Gasteiger charge is -2.41. The van der Waals surface area contributed by atoms with Crippen molar-refractivity contribution in [1.29, 1.82) is 0 Å². The first-order valence-corrected chi connectivity index (χ1v) is 11.4. The highest BCUT2D eigenvalue weighted by Gasteiger charge is 2.34. The Hall–Kier alpha value is -2.24. The van der Waals surface area contributed by atoms with Crippen LogP contribution in [0.3, 0.4) is 0 Å². The molecule has 0 bridgehead atoms. The normalized spacial score (nSPS) is 24.9. The zero-order valence-corrected chi connectivity index (χ0v) is 18.3. The highest BCUT2D eigenvalue weighted by molar-refractivity contribution is 5.97. The average molecular weight is 415 g/mol. The van der Waals surface area contributed by atoms with Crippen LogP contribution in [0.15, 0.2) is 18.2 Å². The predicted octanol–water partition coefficient (Wildman–Crippen LogP) is 3.74. The van der Waals surface area contributed by atoms with Crippen LogP contribution >= 0.6 is 0 Å². The first-order chi connectivity index (χ1) is 14.5. The molecule has 0 radical (unpaired) electrons. The van der Waals surface area contributed by atoms with Crippen molar-refractivity contribution in [2.24, 2.45) is 11.8 Å². The summed E-state index contributed by atoms with van der Waals surface area (Å²) < 4.78 is 11.7. The van der Waals surface area contributed by atoms with Crippen molar-refractivity contribution >= 4 is 11.8 Å². The summed E-state index contributed by atoms with van der Waals surface area (Å²) in [4.78, 5) is 28.9. The Morgan fingerprint density at radius 3 is 2.33 bits per heavy atom. The van der Waals surface area contributed by atoms with Crippen molar-refractivity contribution in [3.05, 3.63) is 23.8 Å². The lowest BCUT2D eigenvalue weighted by Crippen LogP contribution is -2.45. The van der Waals surface area contributed by atoms with Gasteiger partial charge >= 0.3 is 0 Å². The molecule has 2 saturated heterocycles. The van der Waals surface area contributed by atoms with E-state index >= 15 is 0 Å². The summed E-state index contributed by atoms with van der Waals surface area (Å²) >= 11 is 0. The van der Waals surface area contributed by atoms with E-state index in [0.717, 1.165) is 38.3 Å². The summed E-state index contributed by atoms with van der Waals surface area (Å²) in [6, 6.07) is 5.52. The Labute approximate surface area is 179 Å². The van der Waals surface area contributed by atoms with Crippen LogP contribution in [-0.2, 0) is 4.79 Å². The minimum atomic E-state index is 0.0182. The number of nitrogens with zero attached hydrogens (tertiary/aromatic N) is 2. The molecule has 2 atom stereocenters. The molecule has 3 fully saturated rings. The monoisotopic (exact) mass is 414 g/mol. The van der Waals surface area contributed by atoms with Gasteiger partial charge in [-0.05, 0) is 42.9 Å². The van der Waals surface area contributed by atoms with Crippen molar-refractivity contribution in [3.8, 4) is 11.5 Å². The predicted molar refractivity (Wildman–Crippen MR) is 115 cm³/mol. The van der Waals surface area contributed by atoms with Crippen LogP contribution in [0.5, 0.6) is 11.5 Å². The van der Waals surface area contributed by atoms with Gasteiger partial charge in [-0.1, -0.05) is 19.3 Å². The van der Waals surface area contributed by atoms with Crippen LogP contribution < -0.4 is 9.47 Å². The molecule has 2 amide bonds. The minimum Gasteiger partial charge on any atom is -0.497 e. The van der Waals surface area contributed by atoms with Crippen LogP contribution in [-0.4, -0.2) is 61.0 Å². The van der Waals surface area contributed by atoms with E-state index in [1.165, 1.54) is 25.7 Å². The number of hydrogen-bond donors (Lipinski definition) is 0. The number of methoxy groups -OCH3 is 1. The maximum Gasteiger partial charge on any atom is 0.257 e. The van der Waals surface area contributed by atoms with Crippen molar-refractivity contribution in [3.63, 3.8) is 0 Å². The molecule has 164 valence electrons. The largest absolute Gasteiger partial charge is 0.497 e. The first-order valence-electron chi connectivity index (χ1n) is 11.4. The second-order valence-corrected chi connectivity index (χ2v) is 9.03. The highest BCUT2D eigenvalue weighted by Crippen LogP contribution is 2.37. The van der Waals surface area contributed by atoms with E-state index < -0.39 is 0 Å². The van der Waals surface area contributed by atoms with Gasteiger partial charge in [0.15, 0.2) is 0 Å². The Morgan fingerprint density at radius 2 is 1.63 bits per heavy atom. The molecule has 1 aliphatic carbocycles. The summed E-state index contributed by atoms with van der Waals surface area (Å²) in [7, 11) is 1.62. The summed E-state index contributed by atoms with van der Waals surface area (Å²) in [6.45, 7) is 4.70. The van der Waals surface area contributed by atoms with Gasteiger partial charge < -0.3 is 19.3 Å². The standard InChI is InChI=1S/C24H34N2O4/c1-17(27)25-13-10-20(11-14-25)30-23-8-7-21(29-2)15-22(23)24(28)26-12-9-18-5-3-4-6-19(18)16-26/h7-8,15,18-20H,3-6,9-14,16H2,1-2H3/t18-,19+/m1/s1. The molecule has 2 aliphatic heterocycles. The Bertz CT molecular complexity index is 772. The summed E-state index contributed by atoms with van der Waals surface area (Å²) in [5.74, 6) is 2.89. The van der Waals surface area contributed by atoms with E-state index in [4.69, 9.17) is 9.47 Å². The topological polar surface area (TPSA) is 59.1 Å². The van der Waals surface area contributed by atoms with Gasteiger partial charge in [0, 0.05) is 45.9 Å². The third-order valence-corrected chi connectivity index (χ3v) is 7.18. The molecular weight excluding hydrogens is 380 g/mol. The number of rotatable bonds is 4. The molecular formula is C24H34N2O4. The fourth-order valence-electron chi connectivity index (χ4n) is 5.33. The van der Waals surface area contributed by atoms with E-state index in [9.17, 15) is 9.59 Å². The molecule has 2 heterocycles. The Kier molecular flexibility index (Phi) is 6.49. The minimum absolute atomic E-state index is 0.0182. The molecule has 6 heteroatoms. The van der Waals surface area contributed by atoms with Crippen LogP contribution in [0.2, 0.25) is 0 Å². The van der Waals surface area contributed by atoms with Crippen molar-refractivity contribution in [1.82, 2.24) is 9.80 Å². The lowest BCUT2D eigenvalue weighted by molar-refractivity contribution is -0.130. The average Bonchev–Trinajstić information content (AvgIpc) is 2.79. The Morgan fingerprint density at radius 1 is 0.933 bits per heavy atom. The quantitative estimate of drug-likeness (QED) is 0.753. The third kappa shape index (κ3) is 4.57. The van der Waals surface area contributed by atoms with Crippen LogP contribution in [0.25, 0.3) is 0 Å². The van der Waals surface area contributed by atoms with E-state index in [-0.39, 0.29) is 17.9 Å². The fourth-order valence-corrected chi connectivity index (χ4v) is 5.33. The molecule has 0 N–H and O–H groups in total. The molecule has 0 aromatic heterocycles. The maximum absolute atomic E-state index is 13.5. The number of hydrogen-bond acceptors (Lipinski definition) is 4. The van der Waals surface area contributed by atoms with Gasteiger partial charge in [0.05, 0.1) is 12.7 Å². The van der Waals surface area contributed by atoms with Crippen LogP contribution in [0.1, 0.15) is 62.2 Å². The van der Waals surface area contributed by atoms with E-state index in [1.807, 2.05) is 28.0 Å². The molecule has 0 unspecified atom stereocenters. The van der Waals surface area contributed by atoms with Crippen LogP contribution in [0, 0.1) is 11.8 Å². The van der Waals surface area contributed by atoms with Gasteiger partial charge in [0.25, 0.3) is 5.91 Å². The lowest BCUT2D eigenvalue weighted by atomic mass is 9.75. The van der Waals surface area contributed by atoms with Crippen LogP contribution in [0.4, 0.5) is 0 Å². The van der Waals surface area contributed by atoms with Gasteiger partial charge in [-0.2, -0.15) is 0 Å². The van der Waals surface area contributed by atoms with Gasteiger partial charge in [0.1, 0.15) is 17.6 Å². The van der Waals surface area contributed by atoms with Gasteiger partial charge in [-0.3, -0.25) is 9.59 Å². The molecule has 0 spiro atoms. The van der Waals surface area contributed by atoms with Crippen molar-refractivity contribution in [2.45, 2.75) is 58.0 Å². The van der Waals surface area contributed by atoms with Crippen molar-refractivity contribution in [2.75, 3.05) is 33.3 Å². The molecule has 4 rings (SSSR count). The number of ether oxygens (including phenoxy) is 2. The second-order valence-electron chi connectivity index (χ2n) is 9.03. The second kappa shape index (κ2) is 9.27. The number of piperidine rings is 2. The van der Waals surface area contributed by atoms with E-state index in [0.29, 0.717) is 36.1 Å². The van der Waals surface area contributed by atoms with Gasteiger partial charge in [0.2, 0.25) is 5.91 Å². The number of amides is 2. The number of carbonyl (C=O) groups is 2. The highest BCUT2D eigenvalue weighted by atomic mass is 16.5. The van der Waals surface area contributed by atoms with E-state index in [2.05, 4.69) is 0 Å². The molecule has 3 aliphatic rings. The number of carbonyl (C=O) groups excluding carboxylic acids is 2. The number of fused-ring (bicyclic) bond motifs is 1. The summed E-state index contributed by atoms with van der Waals surface area (Å²) in [6.07, 6.45) is 7.88. The smallest absolute Gasteiger partial charge is 0.257 e. The van der Waals surface area contributed by atoms with Gasteiger partial charge in [-0.25, -0.2) is 0 Å². The van der Waals surface area contributed by atoms with Gasteiger partial charge in [-0.15, -0.1) is 0 Å². The molecule has 6 nitrogen and oxygen atoms in total. The van der Waals surface area contributed by atoms with E-state index in [1.54, 1.807) is 14.0 Å². The molecule has 1 saturated carbocycles.